The zero-order valence-electron chi connectivity index (χ0n) is 11.7. The Labute approximate surface area is 123 Å². The molecule has 0 aliphatic heterocycles. The Morgan fingerprint density at radius 1 is 1.24 bits per heavy atom. The van der Waals surface area contributed by atoms with Crippen LogP contribution in [0.4, 0.5) is 17.1 Å². The van der Waals surface area contributed by atoms with Crippen LogP contribution in [0.2, 0.25) is 0 Å². The first-order valence-electron chi connectivity index (χ1n) is 6.48. The van der Waals surface area contributed by atoms with Crippen LogP contribution in [0.25, 0.3) is 0 Å². The van der Waals surface area contributed by atoms with Crippen LogP contribution < -0.4 is 16.4 Å². The van der Waals surface area contributed by atoms with E-state index in [1.807, 2.05) is 24.3 Å². The van der Waals surface area contributed by atoms with Crippen molar-refractivity contribution in [3.05, 3.63) is 53.6 Å². The van der Waals surface area contributed by atoms with E-state index in [2.05, 4.69) is 16.7 Å². The molecule has 0 unspecified atom stereocenters. The molecule has 0 aliphatic carbocycles. The highest BCUT2D eigenvalue weighted by atomic mass is 16.1. The van der Waals surface area contributed by atoms with Crippen LogP contribution in [-0.4, -0.2) is 13.0 Å². The minimum Gasteiger partial charge on any atom is -0.399 e. The third-order valence-electron chi connectivity index (χ3n) is 3.03. The van der Waals surface area contributed by atoms with Gasteiger partial charge in [-0.3, -0.25) is 4.79 Å². The summed E-state index contributed by atoms with van der Waals surface area (Å²) in [6.45, 7) is 0. The van der Waals surface area contributed by atoms with E-state index in [0.717, 1.165) is 11.3 Å². The first kappa shape index (κ1) is 14.4. The molecule has 106 valence electrons. The number of rotatable bonds is 4. The number of benzene rings is 2. The summed E-state index contributed by atoms with van der Waals surface area (Å²) in [6.07, 6.45) is 0.377. The monoisotopic (exact) mass is 280 g/mol. The summed E-state index contributed by atoms with van der Waals surface area (Å²) in [5, 5.41) is 14.4. The number of anilines is 3. The predicted octanol–water partition coefficient (Wildman–Crippen LogP) is 2.44. The van der Waals surface area contributed by atoms with Crippen LogP contribution >= 0.6 is 0 Å². The number of amides is 1. The second-order valence-corrected chi connectivity index (χ2v) is 4.54. The van der Waals surface area contributed by atoms with Gasteiger partial charge in [-0.2, -0.15) is 5.26 Å². The molecule has 0 radical (unpaired) electrons. The van der Waals surface area contributed by atoms with Crippen molar-refractivity contribution in [2.45, 2.75) is 6.42 Å². The van der Waals surface area contributed by atoms with Gasteiger partial charge in [0.2, 0.25) is 0 Å². The molecule has 0 saturated carbocycles. The van der Waals surface area contributed by atoms with E-state index in [0.29, 0.717) is 23.4 Å². The van der Waals surface area contributed by atoms with Crippen molar-refractivity contribution in [3.63, 3.8) is 0 Å². The van der Waals surface area contributed by atoms with Gasteiger partial charge in [-0.1, -0.05) is 12.1 Å². The third-order valence-corrected chi connectivity index (χ3v) is 3.03. The summed E-state index contributed by atoms with van der Waals surface area (Å²) < 4.78 is 0. The van der Waals surface area contributed by atoms with E-state index in [1.54, 1.807) is 25.2 Å². The number of carbonyl (C=O) groups excluding carboxylic acids is 1. The molecule has 5 heteroatoms. The SMILES string of the molecule is CNC(=O)c1ccc(N)cc1Nc1ccc(CC#N)cc1. The van der Waals surface area contributed by atoms with Gasteiger partial charge in [0.25, 0.3) is 5.91 Å². The molecule has 0 heterocycles. The smallest absolute Gasteiger partial charge is 0.253 e. The highest BCUT2D eigenvalue weighted by Crippen LogP contribution is 2.24. The molecular formula is C16H16N4O. The van der Waals surface area contributed by atoms with Crippen LogP contribution in [0.3, 0.4) is 0 Å². The zero-order valence-corrected chi connectivity index (χ0v) is 11.7. The Bertz CT molecular complexity index is 686. The van der Waals surface area contributed by atoms with Gasteiger partial charge in [0.05, 0.1) is 23.7 Å². The Morgan fingerprint density at radius 2 is 1.95 bits per heavy atom. The third kappa shape index (κ3) is 3.51. The summed E-state index contributed by atoms with van der Waals surface area (Å²) in [6, 6.07) is 14.7. The topological polar surface area (TPSA) is 90.9 Å². The summed E-state index contributed by atoms with van der Waals surface area (Å²) in [4.78, 5) is 11.8. The molecule has 4 N–H and O–H groups in total. The molecule has 0 bridgehead atoms. The van der Waals surface area contributed by atoms with Crippen LogP contribution in [0.5, 0.6) is 0 Å². The molecule has 0 aliphatic rings. The maximum atomic E-state index is 11.8. The molecule has 21 heavy (non-hydrogen) atoms. The van der Waals surface area contributed by atoms with Crippen LogP contribution in [-0.2, 0) is 6.42 Å². The van der Waals surface area contributed by atoms with E-state index in [-0.39, 0.29) is 5.91 Å². The van der Waals surface area contributed by atoms with Gasteiger partial charge < -0.3 is 16.4 Å². The van der Waals surface area contributed by atoms with Crippen LogP contribution in [0.1, 0.15) is 15.9 Å². The highest BCUT2D eigenvalue weighted by Gasteiger charge is 2.10. The van der Waals surface area contributed by atoms with Crippen LogP contribution in [0.15, 0.2) is 42.5 Å². The van der Waals surface area contributed by atoms with Crippen molar-refractivity contribution in [1.29, 1.82) is 5.26 Å². The van der Waals surface area contributed by atoms with E-state index in [4.69, 9.17) is 11.0 Å². The maximum absolute atomic E-state index is 11.8. The molecule has 1 amide bonds. The molecule has 0 atom stereocenters. The number of nitrogen functional groups attached to an aromatic ring is 1. The zero-order chi connectivity index (χ0) is 15.2. The van der Waals surface area contributed by atoms with E-state index < -0.39 is 0 Å². The van der Waals surface area contributed by atoms with E-state index >= 15 is 0 Å². The van der Waals surface area contributed by atoms with Gasteiger partial charge in [0, 0.05) is 18.4 Å². The summed E-state index contributed by atoms with van der Waals surface area (Å²) in [7, 11) is 1.58. The highest BCUT2D eigenvalue weighted by molar-refractivity contribution is 6.00. The lowest BCUT2D eigenvalue weighted by molar-refractivity contribution is 0.0964. The van der Waals surface area contributed by atoms with Gasteiger partial charge in [0.15, 0.2) is 0 Å². The standard InChI is InChI=1S/C16H16N4O/c1-19-16(21)14-7-4-12(18)10-15(14)20-13-5-2-11(3-6-13)8-9-17/h2-7,10,20H,8,18H2,1H3,(H,19,21). The van der Waals surface area contributed by atoms with Crippen molar-refractivity contribution >= 4 is 23.0 Å². The Balaban J connectivity index is 2.28. The first-order chi connectivity index (χ1) is 10.1. The average Bonchev–Trinajstić information content (AvgIpc) is 2.49. The summed E-state index contributed by atoms with van der Waals surface area (Å²) >= 11 is 0. The number of hydrogen-bond donors (Lipinski definition) is 3. The van der Waals surface area contributed by atoms with Crippen molar-refractivity contribution in [1.82, 2.24) is 5.32 Å². The molecule has 2 aromatic carbocycles. The second kappa shape index (κ2) is 6.44. The van der Waals surface area contributed by atoms with Gasteiger partial charge >= 0.3 is 0 Å². The molecule has 0 fully saturated rings. The number of nitrogens with two attached hydrogens (primary N) is 1. The lowest BCUT2D eigenvalue weighted by Crippen LogP contribution is -2.19. The lowest BCUT2D eigenvalue weighted by Gasteiger charge is -2.12. The maximum Gasteiger partial charge on any atom is 0.253 e. The Morgan fingerprint density at radius 3 is 2.57 bits per heavy atom. The molecular weight excluding hydrogens is 264 g/mol. The Kier molecular flexibility index (Phi) is 4.42. The number of carbonyl (C=O) groups is 1. The van der Waals surface area contributed by atoms with Crippen molar-refractivity contribution < 1.29 is 4.79 Å². The number of nitriles is 1. The largest absolute Gasteiger partial charge is 0.399 e. The second-order valence-electron chi connectivity index (χ2n) is 4.54. The average molecular weight is 280 g/mol. The fourth-order valence-electron chi connectivity index (χ4n) is 1.95. The molecule has 5 nitrogen and oxygen atoms in total. The fraction of sp³-hybridized carbons (Fsp3) is 0.125. The van der Waals surface area contributed by atoms with Crippen molar-refractivity contribution in [3.8, 4) is 6.07 Å². The molecule has 0 saturated heterocycles. The van der Waals surface area contributed by atoms with E-state index in [9.17, 15) is 4.79 Å². The van der Waals surface area contributed by atoms with Gasteiger partial charge in [0.1, 0.15) is 0 Å². The quantitative estimate of drug-likeness (QED) is 0.750. The van der Waals surface area contributed by atoms with Gasteiger partial charge in [-0.15, -0.1) is 0 Å². The first-order valence-corrected chi connectivity index (χ1v) is 6.48. The van der Waals surface area contributed by atoms with Crippen molar-refractivity contribution in [2.24, 2.45) is 0 Å². The number of nitrogens with zero attached hydrogens (tertiary/aromatic N) is 1. The summed E-state index contributed by atoms with van der Waals surface area (Å²) in [5.74, 6) is -0.182. The van der Waals surface area contributed by atoms with E-state index in [1.165, 1.54) is 0 Å². The minimum atomic E-state index is -0.182. The van der Waals surface area contributed by atoms with Gasteiger partial charge in [-0.05, 0) is 35.9 Å². The normalized spacial score (nSPS) is 9.71. The summed E-state index contributed by atoms with van der Waals surface area (Å²) in [5.41, 5.74) is 9.29. The number of nitrogens with one attached hydrogen (secondary N) is 2. The Hall–Kier alpha value is -3.00. The molecule has 0 spiro atoms. The number of hydrogen-bond acceptors (Lipinski definition) is 4. The fourth-order valence-corrected chi connectivity index (χ4v) is 1.95. The molecule has 2 rings (SSSR count). The molecule has 2 aromatic rings. The predicted molar refractivity (Wildman–Crippen MR) is 83.3 cm³/mol. The molecule has 0 aromatic heterocycles. The minimum absolute atomic E-state index is 0.182. The lowest BCUT2D eigenvalue weighted by atomic mass is 10.1. The van der Waals surface area contributed by atoms with Crippen molar-refractivity contribution in [2.75, 3.05) is 18.1 Å². The van der Waals surface area contributed by atoms with Crippen LogP contribution in [0, 0.1) is 11.3 Å². The van der Waals surface area contributed by atoms with Gasteiger partial charge in [-0.25, -0.2) is 0 Å².